The summed E-state index contributed by atoms with van der Waals surface area (Å²) in [7, 11) is 3.60. The molecule has 116 valence electrons. The molecular weight excluding hydrogens is 272 g/mol. The minimum absolute atomic E-state index is 0.0581. The minimum Gasteiger partial charge on any atom is -0.496 e. The number of hydrogen-bond acceptors (Lipinski definition) is 6. The summed E-state index contributed by atoms with van der Waals surface area (Å²) < 4.78 is 5.15. The molecule has 0 amide bonds. The van der Waals surface area contributed by atoms with Gasteiger partial charge in [0.2, 0.25) is 0 Å². The van der Waals surface area contributed by atoms with Gasteiger partial charge < -0.3 is 15.4 Å². The molecule has 7 nitrogen and oxygen atoms in total. The Morgan fingerprint density at radius 3 is 2.81 bits per heavy atom. The highest BCUT2D eigenvalue weighted by atomic mass is 16.6. The van der Waals surface area contributed by atoms with Gasteiger partial charge in [-0.15, -0.1) is 0 Å². The lowest BCUT2D eigenvalue weighted by Gasteiger charge is -2.39. The van der Waals surface area contributed by atoms with Crippen LogP contribution in [-0.2, 0) is 6.54 Å². The number of hydrogen-bond donors (Lipinski definition) is 1. The number of methoxy groups -OCH3 is 1. The van der Waals surface area contributed by atoms with Gasteiger partial charge in [0.1, 0.15) is 5.75 Å². The quantitative estimate of drug-likeness (QED) is 0.635. The van der Waals surface area contributed by atoms with Crippen LogP contribution < -0.4 is 10.5 Å². The Morgan fingerprint density at radius 1 is 1.43 bits per heavy atom. The average molecular weight is 294 g/mol. The van der Waals surface area contributed by atoms with E-state index >= 15 is 0 Å². The summed E-state index contributed by atoms with van der Waals surface area (Å²) in [6.45, 7) is 4.03. The summed E-state index contributed by atoms with van der Waals surface area (Å²) in [5.41, 5.74) is 6.78. The van der Waals surface area contributed by atoms with E-state index in [0.29, 0.717) is 18.8 Å². The van der Waals surface area contributed by atoms with Crippen LogP contribution in [0.1, 0.15) is 5.56 Å². The second-order valence-electron chi connectivity index (χ2n) is 5.42. The Kier molecular flexibility index (Phi) is 5.11. The fourth-order valence-electron chi connectivity index (χ4n) is 2.67. The van der Waals surface area contributed by atoms with Gasteiger partial charge in [0.05, 0.1) is 18.1 Å². The molecule has 1 saturated heterocycles. The standard InChI is InChI=1S/C14H22N4O3/c1-16-3-4-17(13(8-15)10-16)9-11-5-12(18(19)20)7-14(6-11)21-2/h5-7,13H,3-4,8-10,15H2,1-2H3. The molecule has 2 N–H and O–H groups in total. The summed E-state index contributed by atoms with van der Waals surface area (Å²) in [6, 6.07) is 5.16. The Bertz CT molecular complexity index is 509. The van der Waals surface area contributed by atoms with E-state index in [-0.39, 0.29) is 11.7 Å². The van der Waals surface area contributed by atoms with E-state index in [4.69, 9.17) is 10.5 Å². The van der Waals surface area contributed by atoms with Crippen LogP contribution in [0.15, 0.2) is 18.2 Å². The first kappa shape index (κ1) is 15.7. The van der Waals surface area contributed by atoms with Crippen molar-refractivity contribution in [2.24, 2.45) is 5.73 Å². The maximum absolute atomic E-state index is 11.0. The summed E-state index contributed by atoms with van der Waals surface area (Å²) in [6.07, 6.45) is 0. The van der Waals surface area contributed by atoms with Gasteiger partial charge in [-0.05, 0) is 18.7 Å². The Labute approximate surface area is 124 Å². The van der Waals surface area contributed by atoms with E-state index in [1.807, 2.05) is 6.07 Å². The molecule has 21 heavy (non-hydrogen) atoms. The van der Waals surface area contributed by atoms with Crippen molar-refractivity contribution in [1.29, 1.82) is 0 Å². The van der Waals surface area contributed by atoms with Gasteiger partial charge in [-0.2, -0.15) is 0 Å². The molecule has 0 saturated carbocycles. The Balaban J connectivity index is 2.18. The number of nitro benzene ring substituents is 1. The first-order valence-corrected chi connectivity index (χ1v) is 6.98. The summed E-state index contributed by atoms with van der Waals surface area (Å²) in [5.74, 6) is 0.512. The smallest absolute Gasteiger partial charge is 0.273 e. The van der Waals surface area contributed by atoms with Crippen LogP contribution in [0, 0.1) is 10.1 Å². The fraction of sp³-hybridized carbons (Fsp3) is 0.571. The molecule has 1 heterocycles. The topological polar surface area (TPSA) is 84.9 Å². The molecule has 0 spiro atoms. The van der Waals surface area contributed by atoms with Gasteiger partial charge in [-0.1, -0.05) is 0 Å². The van der Waals surface area contributed by atoms with Gasteiger partial charge in [0.15, 0.2) is 0 Å². The molecule has 1 fully saturated rings. The lowest BCUT2D eigenvalue weighted by atomic mass is 10.1. The zero-order chi connectivity index (χ0) is 15.4. The highest BCUT2D eigenvalue weighted by Gasteiger charge is 2.24. The highest BCUT2D eigenvalue weighted by Crippen LogP contribution is 2.24. The molecule has 0 bridgehead atoms. The first-order valence-electron chi connectivity index (χ1n) is 6.98. The molecule has 1 aliphatic rings. The minimum atomic E-state index is -0.392. The monoisotopic (exact) mass is 294 g/mol. The molecule has 1 aromatic carbocycles. The van der Waals surface area contributed by atoms with Gasteiger partial charge in [-0.25, -0.2) is 0 Å². The van der Waals surface area contributed by atoms with Crippen molar-refractivity contribution in [3.8, 4) is 5.75 Å². The molecule has 1 aliphatic heterocycles. The third-order valence-electron chi connectivity index (χ3n) is 3.86. The second-order valence-corrected chi connectivity index (χ2v) is 5.42. The first-order chi connectivity index (χ1) is 10.0. The molecule has 0 aliphatic carbocycles. The van der Waals surface area contributed by atoms with Crippen molar-refractivity contribution in [2.75, 3.05) is 40.3 Å². The SMILES string of the molecule is COc1cc(CN2CCN(C)CC2CN)cc([N+](=O)[O-])c1. The zero-order valence-electron chi connectivity index (χ0n) is 12.5. The molecule has 2 rings (SSSR count). The van der Waals surface area contributed by atoms with E-state index in [1.54, 1.807) is 6.07 Å². The van der Waals surface area contributed by atoms with Gasteiger partial charge >= 0.3 is 0 Å². The van der Waals surface area contributed by atoms with E-state index in [9.17, 15) is 10.1 Å². The van der Waals surface area contributed by atoms with Crippen molar-refractivity contribution >= 4 is 5.69 Å². The van der Waals surface area contributed by atoms with Crippen molar-refractivity contribution < 1.29 is 9.66 Å². The lowest BCUT2D eigenvalue weighted by Crippen LogP contribution is -2.54. The molecule has 0 radical (unpaired) electrons. The van der Waals surface area contributed by atoms with Crippen LogP contribution in [-0.4, -0.2) is 61.1 Å². The number of likely N-dealkylation sites (N-methyl/N-ethyl adjacent to an activating group) is 1. The predicted octanol–water partition coefficient (Wildman–Crippen LogP) is 0.678. The largest absolute Gasteiger partial charge is 0.496 e. The molecule has 0 aromatic heterocycles. The molecule has 1 atom stereocenters. The molecular formula is C14H22N4O3. The van der Waals surface area contributed by atoms with Crippen LogP contribution in [0.3, 0.4) is 0 Å². The number of nitrogens with zero attached hydrogens (tertiary/aromatic N) is 3. The van der Waals surface area contributed by atoms with Crippen LogP contribution >= 0.6 is 0 Å². The van der Waals surface area contributed by atoms with E-state index in [0.717, 1.165) is 25.2 Å². The summed E-state index contributed by atoms with van der Waals surface area (Å²) in [4.78, 5) is 15.1. The molecule has 7 heteroatoms. The highest BCUT2D eigenvalue weighted by molar-refractivity contribution is 5.42. The zero-order valence-corrected chi connectivity index (χ0v) is 12.5. The molecule has 1 unspecified atom stereocenters. The van der Waals surface area contributed by atoms with Gasteiger partial charge in [0.25, 0.3) is 5.69 Å². The number of nitro groups is 1. The number of non-ortho nitro benzene ring substituents is 1. The number of ether oxygens (including phenoxy) is 1. The van der Waals surface area contributed by atoms with Crippen molar-refractivity contribution in [3.63, 3.8) is 0 Å². The Morgan fingerprint density at radius 2 is 2.19 bits per heavy atom. The van der Waals surface area contributed by atoms with Crippen molar-refractivity contribution in [1.82, 2.24) is 9.80 Å². The van der Waals surface area contributed by atoms with E-state index < -0.39 is 4.92 Å². The maximum Gasteiger partial charge on any atom is 0.273 e. The molecule has 1 aromatic rings. The predicted molar refractivity (Wildman–Crippen MR) is 80.4 cm³/mol. The third kappa shape index (κ3) is 3.90. The van der Waals surface area contributed by atoms with Crippen LogP contribution in [0.25, 0.3) is 0 Å². The van der Waals surface area contributed by atoms with Crippen molar-refractivity contribution in [2.45, 2.75) is 12.6 Å². The van der Waals surface area contributed by atoms with Gasteiger partial charge in [0, 0.05) is 44.8 Å². The van der Waals surface area contributed by atoms with Gasteiger partial charge in [-0.3, -0.25) is 15.0 Å². The van der Waals surface area contributed by atoms with Crippen LogP contribution in [0.2, 0.25) is 0 Å². The number of benzene rings is 1. The third-order valence-corrected chi connectivity index (χ3v) is 3.86. The summed E-state index contributed by atoms with van der Waals surface area (Å²) >= 11 is 0. The maximum atomic E-state index is 11.0. The van der Waals surface area contributed by atoms with Crippen LogP contribution in [0.4, 0.5) is 5.69 Å². The normalized spacial score (nSPS) is 20.4. The Hall–Kier alpha value is -1.70. The fourth-order valence-corrected chi connectivity index (χ4v) is 2.67. The second kappa shape index (κ2) is 6.84. The van der Waals surface area contributed by atoms with E-state index in [1.165, 1.54) is 13.2 Å². The number of nitrogens with two attached hydrogens (primary N) is 1. The van der Waals surface area contributed by atoms with Crippen molar-refractivity contribution in [3.05, 3.63) is 33.9 Å². The van der Waals surface area contributed by atoms with Crippen LogP contribution in [0.5, 0.6) is 5.75 Å². The number of piperazine rings is 1. The van der Waals surface area contributed by atoms with E-state index in [2.05, 4.69) is 16.8 Å². The lowest BCUT2D eigenvalue weighted by molar-refractivity contribution is -0.385. The average Bonchev–Trinajstić information content (AvgIpc) is 2.48. The summed E-state index contributed by atoms with van der Waals surface area (Å²) in [5, 5.41) is 11.0. The number of rotatable bonds is 5.